The Morgan fingerprint density at radius 2 is 1.06 bits per heavy atom. The molecule has 4 rings (SSSR count). The van der Waals surface area contributed by atoms with Gasteiger partial charge in [-0.05, 0) is 32.4 Å². The van der Waals surface area contributed by atoms with E-state index in [9.17, 15) is 15.3 Å². The Hall–Kier alpha value is -0.160. The van der Waals surface area contributed by atoms with E-state index in [-0.39, 0.29) is 5.54 Å². The minimum atomic E-state index is -0.874. The van der Waals surface area contributed by atoms with Gasteiger partial charge in [-0.3, -0.25) is 4.90 Å². The summed E-state index contributed by atoms with van der Waals surface area (Å²) in [4.78, 5) is 2.32. The highest BCUT2D eigenvalue weighted by atomic mass is 16.3. The van der Waals surface area contributed by atoms with Crippen LogP contribution in [0.5, 0.6) is 0 Å². The largest absolute Gasteiger partial charge is 0.390 e. The van der Waals surface area contributed by atoms with Crippen molar-refractivity contribution in [1.29, 1.82) is 0 Å². The van der Waals surface area contributed by atoms with Gasteiger partial charge in [-0.2, -0.15) is 0 Å². The maximum absolute atomic E-state index is 10.7. The van der Waals surface area contributed by atoms with Gasteiger partial charge in [-0.15, -0.1) is 0 Å². The molecule has 4 fully saturated rings. The van der Waals surface area contributed by atoms with Crippen molar-refractivity contribution >= 4 is 0 Å². The average molecular weight is 255 g/mol. The second kappa shape index (κ2) is 3.48. The van der Waals surface area contributed by atoms with E-state index in [1.807, 2.05) is 0 Å². The number of hydrogen-bond acceptors (Lipinski definition) is 4. The fourth-order valence-corrected chi connectivity index (χ4v) is 5.65. The molecule has 0 atom stereocenters. The highest BCUT2D eigenvalue weighted by molar-refractivity contribution is 5.23. The molecule has 4 nitrogen and oxygen atoms in total. The molecule has 0 aromatic carbocycles. The van der Waals surface area contributed by atoms with Crippen LogP contribution in [0, 0.1) is 0 Å². The Balaban J connectivity index is 2.03. The third-order valence-electron chi connectivity index (χ3n) is 5.38. The summed E-state index contributed by atoms with van der Waals surface area (Å²) >= 11 is 0. The Kier molecular flexibility index (Phi) is 2.49. The Labute approximate surface area is 109 Å². The van der Waals surface area contributed by atoms with Gasteiger partial charge in [0.25, 0.3) is 0 Å². The second-order valence-corrected chi connectivity index (χ2v) is 7.13. The zero-order valence-electron chi connectivity index (χ0n) is 11.4. The van der Waals surface area contributed by atoms with E-state index in [2.05, 4.69) is 18.7 Å². The van der Waals surface area contributed by atoms with E-state index in [0.29, 0.717) is 38.5 Å². The molecule has 4 heteroatoms. The average Bonchev–Trinajstić information content (AvgIpc) is 2.10. The first-order valence-electron chi connectivity index (χ1n) is 7.18. The van der Waals surface area contributed by atoms with Gasteiger partial charge in [0.15, 0.2) is 0 Å². The summed E-state index contributed by atoms with van der Waals surface area (Å²) < 4.78 is 0. The van der Waals surface area contributed by atoms with Crippen LogP contribution in [0.1, 0.15) is 52.4 Å². The van der Waals surface area contributed by atoms with Gasteiger partial charge in [-0.1, -0.05) is 13.8 Å². The predicted octanol–water partition coefficient (Wildman–Crippen LogP) is 0.642. The first-order chi connectivity index (χ1) is 8.26. The zero-order chi connectivity index (χ0) is 13.2. The molecule has 3 N–H and O–H groups in total. The van der Waals surface area contributed by atoms with Gasteiger partial charge < -0.3 is 15.3 Å². The second-order valence-electron chi connectivity index (χ2n) is 7.13. The molecule has 0 heterocycles. The van der Waals surface area contributed by atoms with E-state index in [1.54, 1.807) is 0 Å². The SMILES string of the molecule is CCN(CC)C12CC3(O)CC(O)(CC(O)(C3)C1)C2. The van der Waals surface area contributed by atoms with Crippen molar-refractivity contribution in [1.82, 2.24) is 4.90 Å². The summed E-state index contributed by atoms with van der Waals surface area (Å²) in [7, 11) is 0. The van der Waals surface area contributed by atoms with E-state index in [0.717, 1.165) is 13.1 Å². The van der Waals surface area contributed by atoms with Crippen molar-refractivity contribution in [2.24, 2.45) is 0 Å². The molecular formula is C14H25NO3. The lowest BCUT2D eigenvalue weighted by atomic mass is 9.47. The van der Waals surface area contributed by atoms with E-state index in [4.69, 9.17) is 0 Å². The molecule has 0 aromatic rings. The molecule has 18 heavy (non-hydrogen) atoms. The highest BCUT2D eigenvalue weighted by Crippen LogP contribution is 2.62. The van der Waals surface area contributed by atoms with Crippen LogP contribution in [0.4, 0.5) is 0 Å². The van der Waals surface area contributed by atoms with Crippen molar-refractivity contribution in [3.05, 3.63) is 0 Å². The number of nitrogens with zero attached hydrogens (tertiary/aromatic N) is 1. The van der Waals surface area contributed by atoms with Crippen LogP contribution < -0.4 is 0 Å². The van der Waals surface area contributed by atoms with E-state index < -0.39 is 16.8 Å². The molecule has 0 aromatic heterocycles. The van der Waals surface area contributed by atoms with Gasteiger partial charge in [0.05, 0.1) is 16.8 Å². The summed E-state index contributed by atoms with van der Waals surface area (Å²) in [6, 6.07) is 0. The molecule has 0 aliphatic heterocycles. The standard InChI is InChI=1S/C14H25NO3/c1-3-15(4-2)11-5-12(16)8-13(17,6-11)10-14(18,7-11)9-12/h16-18H,3-10H2,1-2H3. The predicted molar refractivity (Wildman–Crippen MR) is 68.2 cm³/mol. The van der Waals surface area contributed by atoms with Crippen LogP contribution in [0.3, 0.4) is 0 Å². The van der Waals surface area contributed by atoms with Crippen LogP contribution in [-0.4, -0.2) is 55.7 Å². The third kappa shape index (κ3) is 1.66. The van der Waals surface area contributed by atoms with E-state index >= 15 is 0 Å². The first-order valence-corrected chi connectivity index (χ1v) is 7.18. The quantitative estimate of drug-likeness (QED) is 0.692. The molecule has 4 aliphatic carbocycles. The van der Waals surface area contributed by atoms with E-state index in [1.165, 1.54) is 0 Å². The summed E-state index contributed by atoms with van der Waals surface area (Å²) in [5.74, 6) is 0. The van der Waals surface area contributed by atoms with Gasteiger partial charge in [0.1, 0.15) is 0 Å². The van der Waals surface area contributed by atoms with Gasteiger partial charge in [-0.25, -0.2) is 0 Å². The van der Waals surface area contributed by atoms with Crippen LogP contribution in [0.2, 0.25) is 0 Å². The smallest absolute Gasteiger partial charge is 0.0720 e. The molecule has 104 valence electrons. The Bertz CT molecular complexity index is 313. The third-order valence-corrected chi connectivity index (χ3v) is 5.38. The minimum absolute atomic E-state index is 0.212. The lowest BCUT2D eigenvalue weighted by molar-refractivity contribution is -0.282. The summed E-state index contributed by atoms with van der Waals surface area (Å²) in [5, 5.41) is 32.1. The lowest BCUT2D eigenvalue weighted by Gasteiger charge is -2.68. The highest BCUT2D eigenvalue weighted by Gasteiger charge is 2.68. The first kappa shape index (κ1) is 12.9. The van der Waals surface area contributed by atoms with Crippen molar-refractivity contribution in [2.45, 2.75) is 74.7 Å². The summed E-state index contributed by atoms with van der Waals surface area (Å²) in [5.41, 5.74) is -2.83. The van der Waals surface area contributed by atoms with Crippen LogP contribution in [-0.2, 0) is 0 Å². The molecule has 4 aliphatic rings. The maximum Gasteiger partial charge on any atom is 0.0720 e. The lowest BCUT2D eigenvalue weighted by Crippen LogP contribution is -2.75. The van der Waals surface area contributed by atoms with Gasteiger partial charge in [0, 0.05) is 24.8 Å². The van der Waals surface area contributed by atoms with Gasteiger partial charge in [0.2, 0.25) is 0 Å². The molecule has 0 amide bonds. The van der Waals surface area contributed by atoms with Crippen molar-refractivity contribution in [3.63, 3.8) is 0 Å². The normalized spacial score (nSPS) is 54.3. The molecule has 0 saturated heterocycles. The van der Waals surface area contributed by atoms with Gasteiger partial charge >= 0.3 is 0 Å². The number of hydrogen-bond donors (Lipinski definition) is 3. The topological polar surface area (TPSA) is 63.9 Å². The molecule has 4 saturated carbocycles. The fraction of sp³-hybridized carbons (Fsp3) is 1.00. The van der Waals surface area contributed by atoms with Crippen LogP contribution >= 0.6 is 0 Å². The Morgan fingerprint density at radius 3 is 1.33 bits per heavy atom. The summed E-state index contributed by atoms with van der Waals surface area (Å²) in [6.07, 6.45) is 3.41. The Morgan fingerprint density at radius 1 is 0.722 bits per heavy atom. The van der Waals surface area contributed by atoms with Crippen LogP contribution in [0.15, 0.2) is 0 Å². The minimum Gasteiger partial charge on any atom is -0.390 e. The fourth-order valence-electron chi connectivity index (χ4n) is 5.65. The maximum atomic E-state index is 10.7. The van der Waals surface area contributed by atoms with Crippen LogP contribution in [0.25, 0.3) is 0 Å². The monoisotopic (exact) mass is 255 g/mol. The van der Waals surface area contributed by atoms with Crippen molar-refractivity contribution < 1.29 is 15.3 Å². The molecule has 0 unspecified atom stereocenters. The summed E-state index contributed by atoms with van der Waals surface area (Å²) in [6.45, 7) is 6.03. The molecule has 0 spiro atoms. The number of rotatable bonds is 3. The zero-order valence-corrected chi connectivity index (χ0v) is 11.4. The van der Waals surface area contributed by atoms with Crippen molar-refractivity contribution in [2.75, 3.05) is 13.1 Å². The molecule has 4 bridgehead atoms. The number of aliphatic hydroxyl groups is 3. The molecular weight excluding hydrogens is 230 g/mol. The molecule has 0 radical (unpaired) electrons. The van der Waals surface area contributed by atoms with Crippen molar-refractivity contribution in [3.8, 4) is 0 Å².